The van der Waals surface area contributed by atoms with E-state index >= 15 is 0 Å². The maximum atomic E-state index is 5.02. The molecular weight excluding hydrogens is 208 g/mol. The van der Waals surface area contributed by atoms with E-state index in [1.165, 1.54) is 16.3 Å². The summed E-state index contributed by atoms with van der Waals surface area (Å²) in [4.78, 5) is 0. The van der Waals surface area contributed by atoms with Crippen LogP contribution in [0.2, 0.25) is 0 Å². The first kappa shape index (κ1) is 9.91. The van der Waals surface area contributed by atoms with Crippen molar-refractivity contribution in [3.05, 3.63) is 72.2 Å². The summed E-state index contributed by atoms with van der Waals surface area (Å²) in [6, 6.07) is 16.8. The molecule has 3 rings (SSSR count). The molecule has 0 saturated heterocycles. The van der Waals surface area contributed by atoms with Crippen molar-refractivity contribution >= 4 is 22.9 Å². The summed E-state index contributed by atoms with van der Waals surface area (Å²) in [5.74, 6) is 0. The molecule has 0 bridgehead atoms. The zero-order chi connectivity index (χ0) is 11.5. The molecule has 0 atom stereocenters. The topological polar surface area (TPSA) is 13.1 Å². The van der Waals surface area contributed by atoms with Gasteiger partial charge in [-0.3, -0.25) is 0 Å². The zero-order valence-corrected chi connectivity index (χ0v) is 9.34. The fourth-order valence-corrected chi connectivity index (χ4v) is 1.87. The number of hydrogen-bond acceptors (Lipinski definition) is 1. The Labute approximate surface area is 100 Å². The molecule has 1 aromatic heterocycles. The Morgan fingerprint density at radius 3 is 2.41 bits per heavy atom. The van der Waals surface area contributed by atoms with Crippen LogP contribution in [-0.2, 0) is 0 Å². The van der Waals surface area contributed by atoms with Gasteiger partial charge in [0, 0.05) is 5.56 Å². The van der Waals surface area contributed by atoms with E-state index < -0.39 is 0 Å². The van der Waals surface area contributed by atoms with E-state index in [0.29, 0.717) is 0 Å². The van der Waals surface area contributed by atoms with Crippen LogP contribution in [0.3, 0.4) is 0 Å². The van der Waals surface area contributed by atoms with Gasteiger partial charge in [0.05, 0.1) is 12.5 Å². The highest BCUT2D eigenvalue weighted by molar-refractivity contribution is 5.85. The van der Waals surface area contributed by atoms with Gasteiger partial charge in [-0.1, -0.05) is 48.6 Å². The van der Waals surface area contributed by atoms with Gasteiger partial charge in [0.1, 0.15) is 0 Å². The maximum Gasteiger partial charge on any atom is 0.0974 e. The van der Waals surface area contributed by atoms with Crippen LogP contribution >= 0.6 is 0 Å². The molecule has 1 heteroatoms. The number of rotatable bonds is 2. The predicted molar refractivity (Wildman–Crippen MR) is 71.6 cm³/mol. The van der Waals surface area contributed by atoms with Gasteiger partial charge >= 0.3 is 0 Å². The fraction of sp³-hybridized carbons (Fsp3) is 0. The quantitative estimate of drug-likeness (QED) is 0.615. The van der Waals surface area contributed by atoms with E-state index in [4.69, 9.17) is 4.42 Å². The highest BCUT2D eigenvalue weighted by Crippen LogP contribution is 2.17. The second kappa shape index (κ2) is 4.30. The Morgan fingerprint density at radius 2 is 1.59 bits per heavy atom. The largest absolute Gasteiger partial charge is 0.472 e. The van der Waals surface area contributed by atoms with Crippen molar-refractivity contribution in [2.45, 2.75) is 0 Å². The molecule has 0 amide bonds. The molecule has 0 saturated carbocycles. The molecule has 0 aliphatic heterocycles. The standard InChI is InChI=1S/C16H12O/c1-2-4-16-11-13(7-8-15(16)3-1)5-6-14-9-10-17-12-14/h1-12H/b6-5+. The molecular formula is C16H12O. The normalized spacial score (nSPS) is 11.3. The van der Waals surface area contributed by atoms with E-state index in [9.17, 15) is 0 Å². The number of benzene rings is 2. The molecule has 0 radical (unpaired) electrons. The number of fused-ring (bicyclic) bond motifs is 1. The van der Waals surface area contributed by atoms with Crippen LogP contribution in [0.1, 0.15) is 11.1 Å². The number of furan rings is 1. The van der Waals surface area contributed by atoms with Crippen molar-refractivity contribution in [1.82, 2.24) is 0 Å². The van der Waals surface area contributed by atoms with Gasteiger partial charge in [0.15, 0.2) is 0 Å². The monoisotopic (exact) mass is 220 g/mol. The zero-order valence-electron chi connectivity index (χ0n) is 9.34. The maximum absolute atomic E-state index is 5.02. The predicted octanol–water partition coefficient (Wildman–Crippen LogP) is 4.60. The Kier molecular flexibility index (Phi) is 2.51. The Bertz CT molecular complexity index is 648. The summed E-state index contributed by atoms with van der Waals surface area (Å²) in [6.45, 7) is 0. The Morgan fingerprint density at radius 1 is 0.765 bits per heavy atom. The van der Waals surface area contributed by atoms with Gasteiger partial charge in [0.25, 0.3) is 0 Å². The van der Waals surface area contributed by atoms with Gasteiger partial charge < -0.3 is 4.42 Å². The lowest BCUT2D eigenvalue weighted by molar-refractivity contribution is 0.567. The molecule has 1 nitrogen and oxygen atoms in total. The van der Waals surface area contributed by atoms with Crippen LogP contribution in [0.15, 0.2) is 65.5 Å². The Balaban J connectivity index is 1.96. The number of hydrogen-bond donors (Lipinski definition) is 0. The molecule has 2 aromatic carbocycles. The van der Waals surface area contributed by atoms with Crippen LogP contribution in [0.25, 0.3) is 22.9 Å². The lowest BCUT2D eigenvalue weighted by atomic mass is 10.1. The minimum Gasteiger partial charge on any atom is -0.472 e. The molecule has 1 heterocycles. The van der Waals surface area contributed by atoms with Crippen molar-refractivity contribution in [3.63, 3.8) is 0 Å². The third-order valence-electron chi connectivity index (χ3n) is 2.78. The van der Waals surface area contributed by atoms with Crippen molar-refractivity contribution < 1.29 is 4.42 Å². The second-order valence-corrected chi connectivity index (χ2v) is 4.00. The van der Waals surface area contributed by atoms with Gasteiger partial charge in [-0.25, -0.2) is 0 Å². The lowest BCUT2D eigenvalue weighted by Crippen LogP contribution is -1.74. The van der Waals surface area contributed by atoms with E-state index in [1.54, 1.807) is 12.5 Å². The smallest absolute Gasteiger partial charge is 0.0974 e. The van der Waals surface area contributed by atoms with E-state index in [1.807, 2.05) is 12.1 Å². The molecule has 17 heavy (non-hydrogen) atoms. The summed E-state index contributed by atoms with van der Waals surface area (Å²) in [7, 11) is 0. The van der Waals surface area contributed by atoms with Gasteiger partial charge in [-0.15, -0.1) is 0 Å². The van der Waals surface area contributed by atoms with E-state index in [2.05, 4.69) is 48.5 Å². The van der Waals surface area contributed by atoms with Crippen LogP contribution in [0.5, 0.6) is 0 Å². The summed E-state index contributed by atoms with van der Waals surface area (Å²) >= 11 is 0. The lowest BCUT2D eigenvalue weighted by Gasteiger charge is -1.98. The average Bonchev–Trinajstić information content (AvgIpc) is 2.89. The van der Waals surface area contributed by atoms with Gasteiger partial charge in [-0.2, -0.15) is 0 Å². The first-order chi connectivity index (χ1) is 8.42. The summed E-state index contributed by atoms with van der Waals surface area (Å²) in [5.41, 5.74) is 2.28. The van der Waals surface area contributed by atoms with Crippen molar-refractivity contribution in [3.8, 4) is 0 Å². The molecule has 0 aliphatic rings. The molecule has 0 fully saturated rings. The van der Waals surface area contributed by atoms with Gasteiger partial charge in [0.2, 0.25) is 0 Å². The molecule has 0 aliphatic carbocycles. The van der Waals surface area contributed by atoms with Crippen molar-refractivity contribution in [2.24, 2.45) is 0 Å². The van der Waals surface area contributed by atoms with Gasteiger partial charge in [-0.05, 0) is 28.5 Å². The van der Waals surface area contributed by atoms with E-state index in [0.717, 1.165) is 5.56 Å². The van der Waals surface area contributed by atoms with Crippen LogP contribution in [0.4, 0.5) is 0 Å². The van der Waals surface area contributed by atoms with Crippen molar-refractivity contribution in [1.29, 1.82) is 0 Å². The molecule has 82 valence electrons. The third-order valence-corrected chi connectivity index (χ3v) is 2.78. The van der Waals surface area contributed by atoms with Crippen LogP contribution < -0.4 is 0 Å². The highest BCUT2D eigenvalue weighted by atomic mass is 16.3. The molecule has 0 unspecified atom stereocenters. The Hall–Kier alpha value is -2.28. The highest BCUT2D eigenvalue weighted by Gasteiger charge is 1.93. The molecule has 3 aromatic rings. The van der Waals surface area contributed by atoms with Crippen LogP contribution in [0, 0.1) is 0 Å². The first-order valence-corrected chi connectivity index (χ1v) is 5.61. The average molecular weight is 220 g/mol. The summed E-state index contributed by atoms with van der Waals surface area (Å²) < 4.78 is 5.02. The second-order valence-electron chi connectivity index (χ2n) is 4.00. The summed E-state index contributed by atoms with van der Waals surface area (Å²) in [6.07, 6.45) is 7.56. The molecule has 0 N–H and O–H groups in total. The summed E-state index contributed by atoms with van der Waals surface area (Å²) in [5, 5.41) is 2.54. The van der Waals surface area contributed by atoms with Crippen molar-refractivity contribution in [2.75, 3.05) is 0 Å². The van der Waals surface area contributed by atoms with Crippen LogP contribution in [-0.4, -0.2) is 0 Å². The molecule has 0 spiro atoms. The van der Waals surface area contributed by atoms with E-state index in [-0.39, 0.29) is 0 Å². The fourth-order valence-electron chi connectivity index (χ4n) is 1.87. The minimum atomic E-state index is 1.08. The SMILES string of the molecule is C(=C\c1ccc2ccccc2c1)/c1ccoc1. The first-order valence-electron chi connectivity index (χ1n) is 5.61. The minimum absolute atomic E-state index is 1.08. The third kappa shape index (κ3) is 2.13.